The highest BCUT2D eigenvalue weighted by Gasteiger charge is 2.33. The number of ketones is 2. The Labute approximate surface area is 236 Å². The molecule has 0 fully saturated rings. The van der Waals surface area contributed by atoms with E-state index < -0.39 is 47.6 Å². The summed E-state index contributed by atoms with van der Waals surface area (Å²) in [5.74, 6) is -3.12. The van der Waals surface area contributed by atoms with Crippen LogP contribution in [0.15, 0.2) is 58.6 Å². The maximum absolute atomic E-state index is 13.3. The lowest BCUT2D eigenvalue weighted by atomic mass is 9.84. The van der Waals surface area contributed by atoms with E-state index in [-0.39, 0.29) is 47.3 Å². The van der Waals surface area contributed by atoms with Crippen LogP contribution in [0.1, 0.15) is 47.0 Å². The van der Waals surface area contributed by atoms with Crippen molar-refractivity contribution in [2.24, 2.45) is 23.5 Å². The van der Waals surface area contributed by atoms with E-state index in [4.69, 9.17) is 19.9 Å². The van der Waals surface area contributed by atoms with Crippen molar-refractivity contribution >= 4 is 23.4 Å². The van der Waals surface area contributed by atoms with E-state index in [1.54, 1.807) is 25.2 Å². The SMILES string of the molecule is COC1=C2C[C@@H](C)C[C@H](OC)[C@H](O)[C@@H](C)/C=C(\C)[C@H](CC(N)=O)[C@@H](OC)/C=C\C=C(/C)C(=O)NC(=CC1=O)C2=O. The third-order valence-electron chi connectivity index (χ3n) is 7.36. The largest absolute Gasteiger partial charge is 0.492 e. The highest BCUT2D eigenvalue weighted by atomic mass is 16.5. The van der Waals surface area contributed by atoms with Crippen LogP contribution in [0.25, 0.3) is 0 Å². The van der Waals surface area contributed by atoms with Gasteiger partial charge >= 0.3 is 0 Å². The monoisotopic (exact) mass is 558 g/mol. The van der Waals surface area contributed by atoms with Crippen molar-refractivity contribution in [1.82, 2.24) is 5.32 Å². The van der Waals surface area contributed by atoms with E-state index in [1.807, 2.05) is 26.8 Å². The van der Waals surface area contributed by atoms with Gasteiger partial charge in [0.1, 0.15) is 0 Å². The molecule has 0 aromatic carbocycles. The van der Waals surface area contributed by atoms with Crippen LogP contribution in [-0.4, -0.2) is 68.1 Å². The lowest BCUT2D eigenvalue weighted by molar-refractivity contribution is -0.121. The molecular formula is C30H42N2O8. The number of ether oxygens (including phenoxy) is 3. The van der Waals surface area contributed by atoms with Crippen molar-refractivity contribution in [3.8, 4) is 0 Å². The third kappa shape index (κ3) is 8.33. The summed E-state index contributed by atoms with van der Waals surface area (Å²) in [4.78, 5) is 50.9. The molecule has 1 aliphatic heterocycles. The Kier molecular flexibility index (Phi) is 12.2. The Balaban J connectivity index is 2.60. The summed E-state index contributed by atoms with van der Waals surface area (Å²) < 4.78 is 16.6. The number of fused-ring (bicyclic) bond motifs is 2. The summed E-state index contributed by atoms with van der Waals surface area (Å²) in [6.45, 7) is 7.15. The molecule has 0 unspecified atom stereocenters. The molecule has 2 aliphatic rings. The minimum atomic E-state index is -0.907. The minimum absolute atomic E-state index is 0.0170. The van der Waals surface area contributed by atoms with E-state index in [9.17, 15) is 24.3 Å². The summed E-state index contributed by atoms with van der Waals surface area (Å²) >= 11 is 0. The Morgan fingerprint density at radius 1 is 1.12 bits per heavy atom. The number of allylic oxidation sites excluding steroid dienone is 4. The first-order chi connectivity index (χ1) is 18.8. The number of hydrogen-bond donors (Lipinski definition) is 3. The highest BCUT2D eigenvalue weighted by molar-refractivity contribution is 6.23. The molecule has 6 atom stereocenters. The Morgan fingerprint density at radius 3 is 2.38 bits per heavy atom. The molecule has 4 N–H and O–H groups in total. The van der Waals surface area contributed by atoms with Crippen LogP contribution in [-0.2, 0) is 33.4 Å². The molecule has 0 saturated carbocycles. The molecule has 10 nitrogen and oxygen atoms in total. The van der Waals surface area contributed by atoms with Crippen molar-refractivity contribution in [2.75, 3.05) is 21.3 Å². The molecule has 0 spiro atoms. The number of Topliss-reactive ketones (excluding diaryl/α,β-unsaturated/α-hetero) is 1. The minimum Gasteiger partial charge on any atom is -0.492 e. The number of nitrogens with two attached hydrogens (primary N) is 1. The smallest absolute Gasteiger partial charge is 0.251 e. The van der Waals surface area contributed by atoms with Gasteiger partial charge in [-0.3, -0.25) is 19.2 Å². The van der Waals surface area contributed by atoms with Gasteiger partial charge in [-0.15, -0.1) is 0 Å². The Bertz CT molecular complexity index is 1150. The summed E-state index contributed by atoms with van der Waals surface area (Å²) in [5, 5.41) is 13.7. The summed E-state index contributed by atoms with van der Waals surface area (Å²) in [7, 11) is 4.33. The first-order valence-corrected chi connectivity index (χ1v) is 13.3. The van der Waals surface area contributed by atoms with E-state index in [0.29, 0.717) is 6.42 Å². The van der Waals surface area contributed by atoms with Gasteiger partial charge in [-0.1, -0.05) is 43.7 Å². The van der Waals surface area contributed by atoms with Crippen LogP contribution in [0.3, 0.4) is 0 Å². The molecule has 0 radical (unpaired) electrons. The van der Waals surface area contributed by atoms with Gasteiger partial charge in [0.25, 0.3) is 5.91 Å². The fourth-order valence-corrected chi connectivity index (χ4v) is 5.09. The second-order valence-corrected chi connectivity index (χ2v) is 10.5. The predicted molar refractivity (Wildman–Crippen MR) is 149 cm³/mol. The number of carbonyl (C=O) groups excluding carboxylic acids is 4. The summed E-state index contributed by atoms with van der Waals surface area (Å²) in [6, 6.07) is 0. The normalized spacial score (nSPS) is 32.8. The van der Waals surface area contributed by atoms with Crippen LogP contribution < -0.4 is 11.1 Å². The maximum Gasteiger partial charge on any atom is 0.251 e. The van der Waals surface area contributed by atoms with Gasteiger partial charge in [0, 0.05) is 49.7 Å². The quantitative estimate of drug-likeness (QED) is 0.343. The summed E-state index contributed by atoms with van der Waals surface area (Å²) in [6.07, 6.45) is 6.32. The predicted octanol–water partition coefficient (Wildman–Crippen LogP) is 2.44. The third-order valence-corrected chi connectivity index (χ3v) is 7.36. The number of aliphatic hydroxyl groups excluding tert-OH is 1. The lowest BCUT2D eigenvalue weighted by Gasteiger charge is -2.30. The number of carbonyl (C=O) groups is 4. The topological polar surface area (TPSA) is 154 Å². The molecule has 1 aliphatic carbocycles. The zero-order valence-corrected chi connectivity index (χ0v) is 24.4. The van der Waals surface area contributed by atoms with Crippen LogP contribution in [0.5, 0.6) is 0 Å². The lowest BCUT2D eigenvalue weighted by Crippen LogP contribution is -2.36. The number of methoxy groups -OCH3 is 3. The molecular weight excluding hydrogens is 516 g/mol. The van der Waals surface area contributed by atoms with Gasteiger partial charge in [0.2, 0.25) is 17.5 Å². The van der Waals surface area contributed by atoms with E-state index in [0.717, 1.165) is 11.6 Å². The molecule has 2 bridgehead atoms. The second kappa shape index (κ2) is 14.9. The van der Waals surface area contributed by atoms with Gasteiger partial charge in [-0.2, -0.15) is 0 Å². The van der Waals surface area contributed by atoms with Crippen molar-refractivity contribution in [2.45, 2.75) is 65.3 Å². The molecule has 0 aromatic heterocycles. The molecule has 2 rings (SSSR count). The van der Waals surface area contributed by atoms with Crippen molar-refractivity contribution in [3.05, 3.63) is 58.6 Å². The number of primary amides is 1. The van der Waals surface area contributed by atoms with E-state index >= 15 is 0 Å². The molecule has 0 aromatic rings. The number of nitrogens with one attached hydrogen (secondary N) is 1. The van der Waals surface area contributed by atoms with E-state index in [2.05, 4.69) is 5.32 Å². The molecule has 1 heterocycles. The number of amides is 2. The average Bonchev–Trinajstić information content (AvgIpc) is 2.90. The number of rotatable bonds is 5. The molecule has 40 heavy (non-hydrogen) atoms. The van der Waals surface area contributed by atoms with Gasteiger partial charge < -0.3 is 30.4 Å². The fourth-order valence-electron chi connectivity index (χ4n) is 5.09. The number of aliphatic hydroxyl groups is 1. The van der Waals surface area contributed by atoms with Gasteiger partial charge in [-0.25, -0.2) is 0 Å². The fraction of sp³-hybridized carbons (Fsp3) is 0.533. The van der Waals surface area contributed by atoms with Crippen molar-refractivity contribution in [3.63, 3.8) is 0 Å². The number of hydrogen-bond acceptors (Lipinski definition) is 8. The first kappa shape index (κ1) is 32.9. The zero-order chi connectivity index (χ0) is 30.1. The second-order valence-electron chi connectivity index (χ2n) is 10.5. The molecule has 0 saturated heterocycles. The van der Waals surface area contributed by atoms with Gasteiger partial charge in [0.15, 0.2) is 5.76 Å². The molecule has 2 amide bonds. The van der Waals surface area contributed by atoms with E-state index in [1.165, 1.54) is 21.3 Å². The highest BCUT2D eigenvalue weighted by Crippen LogP contribution is 2.30. The van der Waals surface area contributed by atoms with Gasteiger partial charge in [0.05, 0.1) is 31.1 Å². The Hall–Kier alpha value is -3.34. The zero-order valence-electron chi connectivity index (χ0n) is 24.4. The van der Waals surface area contributed by atoms with Crippen LogP contribution >= 0.6 is 0 Å². The van der Waals surface area contributed by atoms with Crippen LogP contribution in [0.2, 0.25) is 0 Å². The summed E-state index contributed by atoms with van der Waals surface area (Å²) in [5.41, 5.74) is 6.64. The van der Waals surface area contributed by atoms with Crippen molar-refractivity contribution in [1.29, 1.82) is 0 Å². The van der Waals surface area contributed by atoms with Crippen LogP contribution in [0, 0.1) is 17.8 Å². The van der Waals surface area contributed by atoms with Crippen LogP contribution in [0.4, 0.5) is 0 Å². The Morgan fingerprint density at radius 2 is 1.80 bits per heavy atom. The standard InChI is InChI=1S/C30H42N2O8/c1-16-11-21-28(36)22(15-23(33)29(21)40-7)32-30(37)17(2)9-8-10-24(38-5)20(14-26(31)34)18(3)13-19(4)27(35)25(12-16)39-6/h8-10,13,15-16,19-20,24-25,27,35H,11-12,14H2,1-7H3,(H2,31,34)(H,32,37)/b10-8-,17-9+,18-13+/t16-,19+,20+,24+,25+,27-/m1/s1. The van der Waals surface area contributed by atoms with Gasteiger partial charge in [-0.05, 0) is 32.6 Å². The van der Waals surface area contributed by atoms with Crippen molar-refractivity contribution < 1.29 is 38.5 Å². The first-order valence-electron chi connectivity index (χ1n) is 13.3. The maximum atomic E-state index is 13.3. The molecule has 10 heteroatoms. The molecule has 220 valence electrons. The average molecular weight is 559 g/mol.